The monoisotopic (exact) mass is 244 g/mol. The molecule has 0 spiro atoms. The molecule has 0 atom stereocenters. The predicted molar refractivity (Wildman–Crippen MR) is 65.6 cm³/mol. The van der Waals surface area contributed by atoms with E-state index >= 15 is 0 Å². The van der Waals surface area contributed by atoms with Gasteiger partial charge in [0.25, 0.3) is 0 Å². The summed E-state index contributed by atoms with van der Waals surface area (Å²) in [6.07, 6.45) is 5.50. The zero-order valence-electron chi connectivity index (χ0n) is 11.0. The molecule has 0 radical (unpaired) electrons. The van der Waals surface area contributed by atoms with Gasteiger partial charge >= 0.3 is 11.9 Å². The number of hydrogen-bond donors (Lipinski definition) is 0. The molecule has 4 heteroatoms. The van der Waals surface area contributed by atoms with Gasteiger partial charge in [-0.1, -0.05) is 26.7 Å². The molecule has 100 valence electrons. The maximum absolute atomic E-state index is 11.2. The van der Waals surface area contributed by atoms with E-state index in [4.69, 9.17) is 9.47 Å². The highest BCUT2D eigenvalue weighted by Crippen LogP contribution is 2.01. The van der Waals surface area contributed by atoms with Gasteiger partial charge < -0.3 is 9.47 Å². The Morgan fingerprint density at radius 1 is 0.824 bits per heavy atom. The summed E-state index contributed by atoms with van der Waals surface area (Å²) in [5, 5.41) is 0. The molecule has 0 rings (SSSR count). The van der Waals surface area contributed by atoms with Gasteiger partial charge in [-0.25, -0.2) is 0 Å². The first-order chi connectivity index (χ1) is 8.20. The first kappa shape index (κ1) is 15.9. The average Bonchev–Trinajstić information content (AvgIpc) is 2.33. The molecule has 0 fully saturated rings. The second-order valence-electron chi connectivity index (χ2n) is 3.96. The highest BCUT2D eigenvalue weighted by Gasteiger charge is 2.02. The molecule has 0 saturated carbocycles. The van der Waals surface area contributed by atoms with Gasteiger partial charge in [0.1, 0.15) is 0 Å². The van der Waals surface area contributed by atoms with E-state index in [0.29, 0.717) is 26.1 Å². The molecule has 0 aromatic rings. The lowest BCUT2D eigenvalue weighted by atomic mass is 10.2. The van der Waals surface area contributed by atoms with Crippen molar-refractivity contribution in [1.82, 2.24) is 0 Å². The molecule has 0 aromatic heterocycles. The lowest BCUT2D eigenvalue weighted by Gasteiger charge is -2.05. The highest BCUT2D eigenvalue weighted by molar-refractivity contribution is 5.69. The van der Waals surface area contributed by atoms with Gasteiger partial charge in [0, 0.05) is 12.8 Å². The topological polar surface area (TPSA) is 52.6 Å². The van der Waals surface area contributed by atoms with Crippen LogP contribution in [-0.4, -0.2) is 25.2 Å². The maximum atomic E-state index is 11.2. The minimum absolute atomic E-state index is 0.121. The van der Waals surface area contributed by atoms with E-state index in [1.165, 1.54) is 0 Å². The number of carbonyl (C=O) groups excluding carboxylic acids is 2. The smallest absolute Gasteiger partial charge is 0.305 e. The summed E-state index contributed by atoms with van der Waals surface area (Å²) in [4.78, 5) is 22.0. The molecule has 0 aliphatic carbocycles. The van der Waals surface area contributed by atoms with Crippen LogP contribution >= 0.6 is 0 Å². The van der Waals surface area contributed by atoms with Gasteiger partial charge in [-0.3, -0.25) is 9.59 Å². The van der Waals surface area contributed by atoms with Crippen LogP contribution in [0.25, 0.3) is 0 Å². The Kier molecular flexibility index (Phi) is 10.7. The largest absolute Gasteiger partial charge is 0.466 e. The zero-order valence-corrected chi connectivity index (χ0v) is 11.0. The summed E-state index contributed by atoms with van der Waals surface area (Å²) in [6, 6.07) is 0. The summed E-state index contributed by atoms with van der Waals surface area (Å²) < 4.78 is 9.94. The Morgan fingerprint density at radius 3 is 1.94 bits per heavy atom. The van der Waals surface area contributed by atoms with Gasteiger partial charge in [-0.15, -0.1) is 0 Å². The van der Waals surface area contributed by atoms with Crippen molar-refractivity contribution in [2.75, 3.05) is 13.2 Å². The van der Waals surface area contributed by atoms with E-state index in [2.05, 4.69) is 6.92 Å². The molecule has 17 heavy (non-hydrogen) atoms. The summed E-state index contributed by atoms with van der Waals surface area (Å²) in [7, 11) is 0. The standard InChI is InChI=1S/C13H24O4/c1-3-5-6-9-13(15)17-11-8-7-10-16-12(14)4-2/h3-11H2,1-2H3. The third kappa shape index (κ3) is 11.2. The quantitative estimate of drug-likeness (QED) is 0.438. The first-order valence-corrected chi connectivity index (χ1v) is 6.52. The van der Waals surface area contributed by atoms with Crippen molar-refractivity contribution in [3.05, 3.63) is 0 Å². The minimum atomic E-state index is -0.179. The second kappa shape index (κ2) is 11.4. The maximum Gasteiger partial charge on any atom is 0.305 e. The van der Waals surface area contributed by atoms with Gasteiger partial charge in [0.05, 0.1) is 13.2 Å². The van der Waals surface area contributed by atoms with Crippen LogP contribution in [-0.2, 0) is 19.1 Å². The van der Waals surface area contributed by atoms with Crippen LogP contribution in [0.1, 0.15) is 58.8 Å². The molecule has 0 heterocycles. The summed E-state index contributed by atoms with van der Waals surface area (Å²) in [5.41, 5.74) is 0. The lowest BCUT2D eigenvalue weighted by molar-refractivity contribution is -0.146. The third-order valence-corrected chi connectivity index (χ3v) is 2.34. The van der Waals surface area contributed by atoms with Crippen LogP contribution in [0.3, 0.4) is 0 Å². The Hall–Kier alpha value is -1.06. The second-order valence-corrected chi connectivity index (χ2v) is 3.96. The molecule has 0 amide bonds. The number of ether oxygens (including phenoxy) is 2. The lowest BCUT2D eigenvalue weighted by Crippen LogP contribution is -2.08. The predicted octanol–water partition coefficient (Wildman–Crippen LogP) is 2.84. The average molecular weight is 244 g/mol. The van der Waals surface area contributed by atoms with Crippen LogP contribution in [0.4, 0.5) is 0 Å². The molecule has 0 saturated heterocycles. The van der Waals surface area contributed by atoms with E-state index in [-0.39, 0.29) is 11.9 Å². The number of esters is 2. The molecule has 0 bridgehead atoms. The van der Waals surface area contributed by atoms with Gasteiger partial charge in [0.2, 0.25) is 0 Å². The fourth-order valence-electron chi connectivity index (χ4n) is 1.27. The number of carbonyl (C=O) groups is 2. The normalized spacial score (nSPS) is 10.0. The van der Waals surface area contributed by atoms with E-state index < -0.39 is 0 Å². The van der Waals surface area contributed by atoms with E-state index in [1.807, 2.05) is 0 Å². The number of rotatable bonds is 10. The van der Waals surface area contributed by atoms with Crippen molar-refractivity contribution in [1.29, 1.82) is 0 Å². The molecule has 0 unspecified atom stereocenters. The summed E-state index contributed by atoms with van der Waals surface area (Å²) in [5.74, 6) is -0.300. The molecule has 0 N–H and O–H groups in total. The van der Waals surface area contributed by atoms with Gasteiger partial charge in [-0.05, 0) is 19.3 Å². The van der Waals surface area contributed by atoms with Crippen molar-refractivity contribution in [2.45, 2.75) is 58.8 Å². The number of hydrogen-bond acceptors (Lipinski definition) is 4. The van der Waals surface area contributed by atoms with E-state index in [1.54, 1.807) is 6.92 Å². The third-order valence-electron chi connectivity index (χ3n) is 2.34. The van der Waals surface area contributed by atoms with Crippen molar-refractivity contribution < 1.29 is 19.1 Å². The molecule has 4 nitrogen and oxygen atoms in total. The SMILES string of the molecule is CCCCCC(=O)OCCCCOC(=O)CC. The van der Waals surface area contributed by atoms with E-state index in [9.17, 15) is 9.59 Å². The Bertz CT molecular complexity index is 213. The van der Waals surface area contributed by atoms with Gasteiger partial charge in [-0.2, -0.15) is 0 Å². The Labute approximate surface area is 104 Å². The van der Waals surface area contributed by atoms with Crippen LogP contribution < -0.4 is 0 Å². The summed E-state index contributed by atoms with van der Waals surface area (Å²) >= 11 is 0. The van der Waals surface area contributed by atoms with Crippen LogP contribution in [0, 0.1) is 0 Å². The van der Waals surface area contributed by atoms with Crippen molar-refractivity contribution in [3.8, 4) is 0 Å². The molecular formula is C13H24O4. The first-order valence-electron chi connectivity index (χ1n) is 6.52. The van der Waals surface area contributed by atoms with Crippen LogP contribution in [0.5, 0.6) is 0 Å². The molecule has 0 aliphatic heterocycles. The van der Waals surface area contributed by atoms with Crippen LogP contribution in [0.15, 0.2) is 0 Å². The highest BCUT2D eigenvalue weighted by atomic mass is 16.5. The van der Waals surface area contributed by atoms with E-state index in [0.717, 1.165) is 32.1 Å². The fourth-order valence-corrected chi connectivity index (χ4v) is 1.27. The summed E-state index contributed by atoms with van der Waals surface area (Å²) in [6.45, 7) is 4.71. The Balaban J connectivity index is 3.22. The Morgan fingerprint density at radius 2 is 1.41 bits per heavy atom. The van der Waals surface area contributed by atoms with Crippen molar-refractivity contribution >= 4 is 11.9 Å². The fraction of sp³-hybridized carbons (Fsp3) is 0.846. The van der Waals surface area contributed by atoms with Crippen molar-refractivity contribution in [2.24, 2.45) is 0 Å². The minimum Gasteiger partial charge on any atom is -0.466 e. The number of unbranched alkanes of at least 4 members (excludes halogenated alkanes) is 3. The van der Waals surface area contributed by atoms with Gasteiger partial charge in [0.15, 0.2) is 0 Å². The molecular weight excluding hydrogens is 220 g/mol. The van der Waals surface area contributed by atoms with Crippen LogP contribution in [0.2, 0.25) is 0 Å². The van der Waals surface area contributed by atoms with Crippen molar-refractivity contribution in [3.63, 3.8) is 0 Å². The molecule has 0 aliphatic rings. The zero-order chi connectivity index (χ0) is 12.9. The molecule has 0 aromatic carbocycles.